The minimum Gasteiger partial charge on any atom is -0.295 e. The quantitative estimate of drug-likeness (QED) is 0.177. The average molecular weight is 667 g/mol. The van der Waals surface area contributed by atoms with Crippen LogP contribution in [0.5, 0.6) is 0 Å². The summed E-state index contributed by atoms with van der Waals surface area (Å²) in [5.41, 5.74) is 12.5. The number of rotatable bonds is 6. The second-order valence-electron chi connectivity index (χ2n) is 13.6. The van der Waals surface area contributed by atoms with Crippen LogP contribution >= 0.6 is 0 Å². The summed E-state index contributed by atoms with van der Waals surface area (Å²) in [6.45, 7) is 0. The maximum Gasteiger partial charge on any atom is 0.160 e. The number of aromatic nitrogens is 4. The predicted molar refractivity (Wildman–Crippen MR) is 210 cm³/mol. The highest BCUT2D eigenvalue weighted by atomic mass is 15.1. The smallest absolute Gasteiger partial charge is 0.160 e. The molecule has 8 aromatic rings. The van der Waals surface area contributed by atoms with Crippen molar-refractivity contribution in [1.82, 2.24) is 19.5 Å². The highest BCUT2D eigenvalue weighted by molar-refractivity contribution is 5.85. The standard InChI is InChI=1S/C48H34N4/c1-5-16-33(17-6-1)42-32-43(34-18-7-2-8-19-34)50-46(49-42)37-21-15-20-35(30-37)36-28-29-44-40(31-36)48(38-22-9-3-10-23-38,39-24-11-4-12-25-39)47-51-41-26-13-14-27-45(41)52(44)47/h1-18,20-32,34H,19H2. The fourth-order valence-electron chi connectivity index (χ4n) is 8.14. The molecule has 1 aliphatic carbocycles. The molecule has 0 fully saturated rings. The van der Waals surface area contributed by atoms with E-state index in [1.807, 2.05) is 6.07 Å². The molecule has 2 aromatic heterocycles. The lowest BCUT2D eigenvalue weighted by Gasteiger charge is -2.31. The van der Waals surface area contributed by atoms with Gasteiger partial charge in [-0.25, -0.2) is 15.0 Å². The number of hydrogen-bond acceptors (Lipinski definition) is 3. The summed E-state index contributed by atoms with van der Waals surface area (Å²) in [6, 6.07) is 58.3. The molecular weight excluding hydrogens is 633 g/mol. The number of imidazole rings is 1. The summed E-state index contributed by atoms with van der Waals surface area (Å²) in [5, 5.41) is 0. The van der Waals surface area contributed by atoms with Crippen molar-refractivity contribution in [3.8, 4) is 39.5 Å². The minimum absolute atomic E-state index is 0.209. The Kier molecular flexibility index (Phi) is 7.14. The Labute approximate surface area is 303 Å². The summed E-state index contributed by atoms with van der Waals surface area (Å²) in [7, 11) is 0. The van der Waals surface area contributed by atoms with Gasteiger partial charge in [0, 0.05) is 17.0 Å². The van der Waals surface area contributed by atoms with E-state index < -0.39 is 5.41 Å². The highest BCUT2D eigenvalue weighted by Gasteiger charge is 2.49. The van der Waals surface area contributed by atoms with Crippen LogP contribution in [0.3, 0.4) is 0 Å². The van der Waals surface area contributed by atoms with Gasteiger partial charge in [-0.2, -0.15) is 0 Å². The maximum atomic E-state index is 5.39. The van der Waals surface area contributed by atoms with Gasteiger partial charge in [0.05, 0.1) is 28.1 Å². The zero-order valence-corrected chi connectivity index (χ0v) is 28.5. The molecule has 0 saturated carbocycles. The van der Waals surface area contributed by atoms with Crippen molar-refractivity contribution in [3.05, 3.63) is 216 Å². The van der Waals surface area contributed by atoms with Crippen LogP contribution in [0.2, 0.25) is 0 Å². The van der Waals surface area contributed by atoms with Gasteiger partial charge in [-0.05, 0) is 70.6 Å². The van der Waals surface area contributed by atoms with Gasteiger partial charge >= 0.3 is 0 Å². The molecule has 6 aromatic carbocycles. The molecule has 0 bridgehead atoms. The lowest BCUT2D eigenvalue weighted by atomic mass is 9.69. The molecule has 52 heavy (non-hydrogen) atoms. The van der Waals surface area contributed by atoms with Crippen LogP contribution in [-0.2, 0) is 5.41 Å². The van der Waals surface area contributed by atoms with Gasteiger partial charge in [-0.1, -0.05) is 152 Å². The number of para-hydroxylation sites is 2. The lowest BCUT2D eigenvalue weighted by molar-refractivity contribution is 0.718. The lowest BCUT2D eigenvalue weighted by Crippen LogP contribution is -2.29. The number of hydrogen-bond donors (Lipinski definition) is 0. The van der Waals surface area contributed by atoms with Crippen LogP contribution in [0, 0.1) is 0 Å². The van der Waals surface area contributed by atoms with Crippen LogP contribution in [0.25, 0.3) is 50.5 Å². The van der Waals surface area contributed by atoms with Gasteiger partial charge < -0.3 is 0 Å². The largest absolute Gasteiger partial charge is 0.295 e. The van der Waals surface area contributed by atoms with E-state index in [2.05, 4.69) is 187 Å². The van der Waals surface area contributed by atoms with Gasteiger partial charge in [-0.3, -0.25) is 4.57 Å². The van der Waals surface area contributed by atoms with Crippen LogP contribution in [0.1, 0.15) is 40.5 Å². The molecule has 0 saturated heterocycles. The Bertz CT molecular complexity index is 2610. The number of allylic oxidation sites excluding steroid dienone is 4. The predicted octanol–water partition coefficient (Wildman–Crippen LogP) is 11.1. The first-order valence-electron chi connectivity index (χ1n) is 17.9. The fourth-order valence-corrected chi connectivity index (χ4v) is 8.14. The molecule has 10 rings (SSSR count). The Morgan fingerprint density at radius 1 is 0.538 bits per heavy atom. The molecule has 2 aliphatic rings. The number of nitrogens with zero attached hydrogens (tertiary/aromatic N) is 4. The second-order valence-corrected chi connectivity index (χ2v) is 13.6. The van der Waals surface area contributed by atoms with Crippen molar-refractivity contribution in [2.45, 2.75) is 17.8 Å². The first-order valence-corrected chi connectivity index (χ1v) is 17.9. The Morgan fingerprint density at radius 2 is 1.21 bits per heavy atom. The molecular formula is C48H34N4. The molecule has 1 aliphatic heterocycles. The van der Waals surface area contributed by atoms with E-state index in [0.717, 1.165) is 68.4 Å². The zero-order chi connectivity index (χ0) is 34.5. The van der Waals surface area contributed by atoms with Crippen molar-refractivity contribution < 1.29 is 0 Å². The fraction of sp³-hybridized carbons (Fsp3) is 0.0625. The van der Waals surface area contributed by atoms with Crippen molar-refractivity contribution >= 4 is 11.0 Å². The van der Waals surface area contributed by atoms with Gasteiger partial charge in [0.25, 0.3) is 0 Å². The van der Waals surface area contributed by atoms with E-state index in [-0.39, 0.29) is 5.92 Å². The Hall–Kier alpha value is -6.65. The highest BCUT2D eigenvalue weighted by Crippen LogP contribution is 2.53. The van der Waals surface area contributed by atoms with Gasteiger partial charge in [0.15, 0.2) is 5.82 Å². The first-order chi connectivity index (χ1) is 25.8. The third-order valence-corrected chi connectivity index (χ3v) is 10.6. The third kappa shape index (κ3) is 4.79. The van der Waals surface area contributed by atoms with E-state index >= 15 is 0 Å². The van der Waals surface area contributed by atoms with Crippen molar-refractivity contribution in [3.63, 3.8) is 0 Å². The van der Waals surface area contributed by atoms with Crippen molar-refractivity contribution in [1.29, 1.82) is 0 Å². The summed E-state index contributed by atoms with van der Waals surface area (Å²) in [6.07, 6.45) is 9.60. The summed E-state index contributed by atoms with van der Waals surface area (Å²) < 4.78 is 2.37. The van der Waals surface area contributed by atoms with Gasteiger partial charge in [0.1, 0.15) is 11.2 Å². The zero-order valence-electron chi connectivity index (χ0n) is 28.5. The van der Waals surface area contributed by atoms with E-state index in [4.69, 9.17) is 15.0 Å². The van der Waals surface area contributed by atoms with Crippen molar-refractivity contribution in [2.24, 2.45) is 0 Å². The number of fused-ring (bicyclic) bond motifs is 5. The monoisotopic (exact) mass is 666 g/mol. The summed E-state index contributed by atoms with van der Waals surface area (Å²) >= 11 is 0. The normalized spacial score (nSPS) is 15.4. The minimum atomic E-state index is -0.617. The van der Waals surface area contributed by atoms with Crippen LogP contribution in [-0.4, -0.2) is 19.5 Å². The van der Waals surface area contributed by atoms with E-state index in [1.165, 1.54) is 16.7 Å². The maximum absolute atomic E-state index is 5.39. The van der Waals surface area contributed by atoms with Gasteiger partial charge in [0.2, 0.25) is 0 Å². The van der Waals surface area contributed by atoms with Crippen LogP contribution in [0.4, 0.5) is 0 Å². The third-order valence-electron chi connectivity index (χ3n) is 10.6. The SMILES string of the molecule is C1=CCC(c2cc(-c3ccccc3)nc(-c3cccc(-c4ccc5c(c4)C(c4ccccc4)(c4ccccc4)c4nc6ccccc6n4-5)c3)n2)C=C1. The molecule has 1 unspecified atom stereocenters. The molecule has 0 radical (unpaired) electrons. The molecule has 0 spiro atoms. The Morgan fingerprint density at radius 3 is 1.96 bits per heavy atom. The topological polar surface area (TPSA) is 43.6 Å². The Balaban J connectivity index is 1.16. The number of benzene rings is 6. The van der Waals surface area contributed by atoms with E-state index in [1.54, 1.807) is 0 Å². The van der Waals surface area contributed by atoms with E-state index in [9.17, 15) is 0 Å². The molecule has 246 valence electrons. The molecule has 4 heteroatoms. The molecule has 0 amide bonds. The first kappa shape index (κ1) is 30.2. The second kappa shape index (κ2) is 12.3. The average Bonchev–Trinajstić information content (AvgIpc) is 3.75. The molecule has 0 N–H and O–H groups in total. The van der Waals surface area contributed by atoms with Crippen molar-refractivity contribution in [2.75, 3.05) is 0 Å². The van der Waals surface area contributed by atoms with Crippen LogP contribution in [0.15, 0.2) is 188 Å². The van der Waals surface area contributed by atoms with Gasteiger partial charge in [-0.15, -0.1) is 0 Å². The molecule has 1 atom stereocenters. The molecule has 4 nitrogen and oxygen atoms in total. The summed E-state index contributed by atoms with van der Waals surface area (Å²) in [4.78, 5) is 15.7. The molecule has 3 heterocycles. The van der Waals surface area contributed by atoms with Crippen LogP contribution < -0.4 is 0 Å². The van der Waals surface area contributed by atoms with E-state index in [0.29, 0.717) is 0 Å². The summed E-state index contributed by atoms with van der Waals surface area (Å²) in [5.74, 6) is 1.95.